The van der Waals surface area contributed by atoms with Crippen LogP contribution in [0.15, 0.2) is 47.9 Å². The highest BCUT2D eigenvalue weighted by Crippen LogP contribution is 2.03. The van der Waals surface area contributed by atoms with Crippen molar-refractivity contribution in [1.82, 2.24) is 9.59 Å². The highest BCUT2D eigenvalue weighted by molar-refractivity contribution is 7.03. The molecule has 0 unspecified atom stereocenters. The van der Waals surface area contributed by atoms with E-state index < -0.39 is 0 Å². The first-order valence-electron chi connectivity index (χ1n) is 4.62. The van der Waals surface area contributed by atoms with Gasteiger partial charge in [-0.1, -0.05) is 53.0 Å². The summed E-state index contributed by atoms with van der Waals surface area (Å²) in [7, 11) is 0. The summed E-state index contributed by atoms with van der Waals surface area (Å²) < 4.78 is 3.78. The molecule has 0 aliphatic heterocycles. The van der Waals surface area contributed by atoms with Crippen LogP contribution in [0.2, 0.25) is 0 Å². The van der Waals surface area contributed by atoms with Crippen LogP contribution in [0.25, 0.3) is 12.2 Å². The van der Waals surface area contributed by atoms with Gasteiger partial charge >= 0.3 is 0 Å². The van der Waals surface area contributed by atoms with Crippen molar-refractivity contribution >= 4 is 23.7 Å². The fourth-order valence-corrected chi connectivity index (χ4v) is 1.55. The molecule has 0 radical (unpaired) electrons. The van der Waals surface area contributed by atoms with Gasteiger partial charge in [0.25, 0.3) is 0 Å². The summed E-state index contributed by atoms with van der Waals surface area (Å²) in [5, 5.41) is 5.82. The normalized spacial score (nSPS) is 11.5. The van der Waals surface area contributed by atoms with E-state index in [0.29, 0.717) is 0 Å². The van der Waals surface area contributed by atoms with Gasteiger partial charge in [0.1, 0.15) is 0 Å². The number of hydrogen-bond acceptors (Lipinski definition) is 3. The van der Waals surface area contributed by atoms with Crippen molar-refractivity contribution in [2.24, 2.45) is 0 Å². The molecule has 2 rings (SSSR count). The van der Waals surface area contributed by atoms with E-state index in [4.69, 9.17) is 0 Å². The van der Waals surface area contributed by atoms with E-state index in [2.05, 4.69) is 27.8 Å². The number of benzene rings is 1. The number of nitrogens with zero attached hydrogens (tertiary/aromatic N) is 2. The van der Waals surface area contributed by atoms with E-state index in [9.17, 15) is 0 Å². The summed E-state index contributed by atoms with van der Waals surface area (Å²) in [6.45, 7) is 0. The van der Waals surface area contributed by atoms with Gasteiger partial charge in [0, 0.05) is 5.38 Å². The zero-order chi connectivity index (χ0) is 10.3. The van der Waals surface area contributed by atoms with Gasteiger partial charge in [0.05, 0.1) is 5.69 Å². The molecule has 0 saturated heterocycles. The Balaban J connectivity index is 1.96. The first-order valence-corrected chi connectivity index (χ1v) is 5.46. The van der Waals surface area contributed by atoms with Crippen LogP contribution in [0.3, 0.4) is 0 Å². The highest BCUT2D eigenvalue weighted by atomic mass is 32.1. The summed E-state index contributed by atoms with van der Waals surface area (Å²) in [4.78, 5) is 0. The topological polar surface area (TPSA) is 25.8 Å². The van der Waals surface area contributed by atoms with Crippen molar-refractivity contribution in [1.29, 1.82) is 0 Å². The molecule has 3 heteroatoms. The second kappa shape index (κ2) is 5.22. The molecule has 1 heterocycles. The van der Waals surface area contributed by atoms with Gasteiger partial charge in [-0.2, -0.15) is 0 Å². The van der Waals surface area contributed by atoms with Crippen molar-refractivity contribution < 1.29 is 0 Å². The summed E-state index contributed by atoms with van der Waals surface area (Å²) in [5.41, 5.74) is 2.09. The Hall–Kier alpha value is -1.74. The Morgan fingerprint density at radius 2 is 1.80 bits per heavy atom. The molecule has 1 aromatic heterocycles. The fraction of sp³-hybridized carbons (Fsp3) is 0. The van der Waals surface area contributed by atoms with Crippen molar-refractivity contribution in [2.45, 2.75) is 0 Å². The fourth-order valence-electron chi connectivity index (χ4n) is 1.13. The molecule has 0 atom stereocenters. The lowest BCUT2D eigenvalue weighted by Crippen LogP contribution is -1.69. The molecule has 74 valence electrons. The van der Waals surface area contributed by atoms with Gasteiger partial charge < -0.3 is 0 Å². The maximum Gasteiger partial charge on any atom is 0.0981 e. The first kappa shape index (κ1) is 9.80. The van der Waals surface area contributed by atoms with Crippen LogP contribution in [0.1, 0.15) is 11.3 Å². The lowest BCUT2D eigenvalue weighted by Gasteiger charge is -1.88. The van der Waals surface area contributed by atoms with Crippen molar-refractivity contribution in [3.63, 3.8) is 0 Å². The molecule has 15 heavy (non-hydrogen) atoms. The molecule has 1 aromatic carbocycles. The van der Waals surface area contributed by atoms with E-state index >= 15 is 0 Å². The molecule has 0 aliphatic rings. The molecule has 0 amide bonds. The number of hydrogen-bond donors (Lipinski definition) is 0. The summed E-state index contributed by atoms with van der Waals surface area (Å²) in [5.74, 6) is 0. The smallest absolute Gasteiger partial charge is 0.0981 e. The van der Waals surface area contributed by atoms with E-state index in [0.717, 1.165) is 5.69 Å². The monoisotopic (exact) mass is 214 g/mol. The number of aromatic nitrogens is 2. The third-order valence-corrected chi connectivity index (χ3v) is 2.37. The summed E-state index contributed by atoms with van der Waals surface area (Å²) in [6.07, 6.45) is 7.94. The summed E-state index contributed by atoms with van der Waals surface area (Å²) in [6, 6.07) is 10.2. The Morgan fingerprint density at radius 1 is 1.00 bits per heavy atom. The quantitative estimate of drug-likeness (QED) is 0.733. The molecule has 0 N–H and O–H groups in total. The van der Waals surface area contributed by atoms with Gasteiger partial charge in [-0.15, -0.1) is 5.10 Å². The zero-order valence-corrected chi connectivity index (χ0v) is 8.89. The predicted molar refractivity (Wildman–Crippen MR) is 64.4 cm³/mol. The summed E-state index contributed by atoms with van der Waals surface area (Å²) >= 11 is 1.36. The SMILES string of the molecule is C(/C=C\c1csnn1)=C/c1ccccc1. The molecule has 2 nitrogen and oxygen atoms in total. The minimum absolute atomic E-state index is 0.901. The van der Waals surface area contributed by atoms with Gasteiger partial charge in [-0.05, 0) is 23.2 Å². The second-order valence-corrected chi connectivity index (χ2v) is 3.57. The van der Waals surface area contributed by atoms with Crippen LogP contribution >= 0.6 is 11.5 Å². The van der Waals surface area contributed by atoms with Crippen LogP contribution in [0.4, 0.5) is 0 Å². The second-order valence-electron chi connectivity index (χ2n) is 2.96. The van der Waals surface area contributed by atoms with Crippen LogP contribution in [0, 0.1) is 0 Å². The van der Waals surface area contributed by atoms with E-state index in [1.165, 1.54) is 17.1 Å². The van der Waals surface area contributed by atoms with Gasteiger partial charge in [0.15, 0.2) is 0 Å². The molecule has 0 bridgehead atoms. The molecular weight excluding hydrogens is 204 g/mol. The Labute approximate surface area is 92.8 Å². The Kier molecular flexibility index (Phi) is 3.41. The minimum atomic E-state index is 0.901. The van der Waals surface area contributed by atoms with Gasteiger partial charge in [-0.3, -0.25) is 0 Å². The predicted octanol–water partition coefficient (Wildman–Crippen LogP) is 3.26. The maximum atomic E-state index is 3.91. The maximum absolute atomic E-state index is 3.91. The molecular formula is C12H10N2S. The highest BCUT2D eigenvalue weighted by Gasteiger charge is 1.85. The molecule has 2 aromatic rings. The van der Waals surface area contributed by atoms with Crippen LogP contribution in [-0.2, 0) is 0 Å². The van der Waals surface area contributed by atoms with Crippen molar-refractivity contribution in [3.8, 4) is 0 Å². The molecule has 0 fully saturated rings. The van der Waals surface area contributed by atoms with E-state index in [-0.39, 0.29) is 0 Å². The lowest BCUT2D eigenvalue weighted by atomic mass is 10.2. The Bertz CT molecular complexity index is 444. The lowest BCUT2D eigenvalue weighted by molar-refractivity contribution is 1.14. The van der Waals surface area contributed by atoms with E-state index in [1.807, 2.05) is 41.8 Å². The number of allylic oxidation sites excluding steroid dienone is 2. The van der Waals surface area contributed by atoms with Crippen LogP contribution in [0.5, 0.6) is 0 Å². The average Bonchev–Trinajstić information content (AvgIpc) is 2.79. The third-order valence-electron chi connectivity index (χ3n) is 1.84. The number of rotatable bonds is 3. The van der Waals surface area contributed by atoms with E-state index in [1.54, 1.807) is 0 Å². The molecule has 0 saturated carbocycles. The molecule has 0 aliphatic carbocycles. The molecule has 0 spiro atoms. The van der Waals surface area contributed by atoms with Crippen molar-refractivity contribution in [3.05, 3.63) is 59.1 Å². The minimum Gasteiger partial charge on any atom is -0.139 e. The first-order chi connectivity index (χ1) is 7.45. The van der Waals surface area contributed by atoms with Crippen LogP contribution < -0.4 is 0 Å². The average molecular weight is 214 g/mol. The van der Waals surface area contributed by atoms with Gasteiger partial charge in [0.2, 0.25) is 0 Å². The largest absolute Gasteiger partial charge is 0.139 e. The Morgan fingerprint density at radius 3 is 2.53 bits per heavy atom. The zero-order valence-electron chi connectivity index (χ0n) is 8.08. The van der Waals surface area contributed by atoms with Crippen molar-refractivity contribution in [2.75, 3.05) is 0 Å². The van der Waals surface area contributed by atoms with Crippen LogP contribution in [-0.4, -0.2) is 9.59 Å². The third kappa shape index (κ3) is 3.14. The van der Waals surface area contributed by atoms with Gasteiger partial charge in [-0.25, -0.2) is 0 Å². The standard InChI is InChI=1S/C12H10N2S/c1-2-6-11(7-3-1)8-4-5-9-12-10-15-14-13-12/h1-10H/b8-4-,9-5-.